The minimum Gasteiger partial charge on any atom is -0.384 e. The predicted octanol–water partition coefficient (Wildman–Crippen LogP) is 1.93. The molecule has 0 unspecified atom stereocenters. The molecule has 0 spiro atoms. The molecule has 0 atom stereocenters. The van der Waals surface area contributed by atoms with Gasteiger partial charge in [-0.1, -0.05) is 11.8 Å². The van der Waals surface area contributed by atoms with Gasteiger partial charge in [-0.15, -0.1) is 0 Å². The van der Waals surface area contributed by atoms with E-state index in [2.05, 4.69) is 27.8 Å². The van der Waals surface area contributed by atoms with Crippen LogP contribution in [0.15, 0.2) is 22.7 Å². The van der Waals surface area contributed by atoms with Crippen LogP contribution in [0.5, 0.6) is 0 Å². The third-order valence-corrected chi connectivity index (χ3v) is 1.87. The molecule has 3 heteroatoms. The maximum Gasteiger partial charge on any atom is 0.138 e. The molecule has 12 heavy (non-hydrogen) atoms. The number of benzene rings is 1. The van der Waals surface area contributed by atoms with Gasteiger partial charge in [-0.25, -0.2) is 4.39 Å². The van der Waals surface area contributed by atoms with Crippen LogP contribution in [0.1, 0.15) is 5.56 Å². The van der Waals surface area contributed by atoms with Crippen molar-refractivity contribution >= 4 is 15.9 Å². The summed E-state index contributed by atoms with van der Waals surface area (Å²) in [6.07, 6.45) is 0. The number of hydrogen-bond donors (Lipinski definition) is 1. The summed E-state index contributed by atoms with van der Waals surface area (Å²) < 4.78 is 13.2. The molecule has 62 valence electrons. The second kappa shape index (κ2) is 4.24. The molecule has 0 fully saturated rings. The van der Waals surface area contributed by atoms with Crippen LogP contribution in [0.3, 0.4) is 0 Å². The topological polar surface area (TPSA) is 20.2 Å². The minimum absolute atomic E-state index is 0.211. The largest absolute Gasteiger partial charge is 0.384 e. The third-order valence-electron chi connectivity index (χ3n) is 1.23. The van der Waals surface area contributed by atoms with Crippen LogP contribution in [0, 0.1) is 17.7 Å². The molecule has 0 radical (unpaired) electrons. The number of halogens is 2. The van der Waals surface area contributed by atoms with Gasteiger partial charge in [-0.3, -0.25) is 0 Å². The number of rotatable bonds is 0. The number of hydrogen-bond acceptors (Lipinski definition) is 1. The lowest BCUT2D eigenvalue weighted by Crippen LogP contribution is -1.81. The van der Waals surface area contributed by atoms with E-state index in [4.69, 9.17) is 5.11 Å². The van der Waals surface area contributed by atoms with Gasteiger partial charge in [0.05, 0.1) is 4.47 Å². The van der Waals surface area contributed by atoms with E-state index in [1.165, 1.54) is 6.07 Å². The smallest absolute Gasteiger partial charge is 0.138 e. The van der Waals surface area contributed by atoms with E-state index in [0.29, 0.717) is 10.0 Å². The molecular formula is C9H6BrFO. The van der Waals surface area contributed by atoms with Crippen molar-refractivity contribution in [3.05, 3.63) is 34.1 Å². The molecule has 0 amide bonds. The van der Waals surface area contributed by atoms with Gasteiger partial charge in [-0.2, -0.15) is 0 Å². The summed E-state index contributed by atoms with van der Waals surface area (Å²) in [5.41, 5.74) is 0.560. The van der Waals surface area contributed by atoms with Gasteiger partial charge in [0.25, 0.3) is 0 Å². The van der Waals surface area contributed by atoms with Crippen LogP contribution in [-0.4, -0.2) is 11.7 Å². The van der Waals surface area contributed by atoms with Crippen LogP contribution >= 0.6 is 15.9 Å². The Morgan fingerprint density at radius 3 is 2.83 bits per heavy atom. The molecule has 0 aliphatic carbocycles. The molecule has 0 aliphatic heterocycles. The molecule has 0 aliphatic rings. The first-order valence-electron chi connectivity index (χ1n) is 3.29. The molecule has 0 bridgehead atoms. The fraction of sp³-hybridized carbons (Fsp3) is 0.111. The highest BCUT2D eigenvalue weighted by Crippen LogP contribution is 2.15. The summed E-state index contributed by atoms with van der Waals surface area (Å²) in [5.74, 6) is 4.69. The zero-order valence-corrected chi connectivity index (χ0v) is 7.73. The summed E-state index contributed by atoms with van der Waals surface area (Å²) in [5, 5.41) is 8.37. The Hall–Kier alpha value is -0.850. The van der Waals surface area contributed by atoms with Crippen LogP contribution in [0.2, 0.25) is 0 Å². The summed E-state index contributed by atoms with van der Waals surface area (Å²) >= 11 is 3.02. The second-order valence-corrected chi connectivity index (χ2v) is 2.94. The Morgan fingerprint density at radius 2 is 2.25 bits per heavy atom. The molecule has 0 saturated heterocycles. The monoisotopic (exact) mass is 228 g/mol. The summed E-state index contributed by atoms with van der Waals surface area (Å²) in [6.45, 7) is -0.211. The van der Waals surface area contributed by atoms with E-state index >= 15 is 0 Å². The standard InChI is InChI=1S/C9H6BrFO/c10-8-4-3-7(2-1-5-12)6-9(8)11/h3-4,6,12H,5H2. The SMILES string of the molecule is OCC#Cc1ccc(Br)c(F)c1. The van der Waals surface area contributed by atoms with E-state index in [0.717, 1.165) is 0 Å². The Kier molecular flexibility index (Phi) is 3.27. The normalized spacial score (nSPS) is 8.92. The molecule has 1 nitrogen and oxygen atoms in total. The van der Waals surface area contributed by atoms with Crippen molar-refractivity contribution in [1.82, 2.24) is 0 Å². The maximum absolute atomic E-state index is 12.8. The van der Waals surface area contributed by atoms with Crippen LogP contribution in [0.4, 0.5) is 4.39 Å². The lowest BCUT2D eigenvalue weighted by Gasteiger charge is -1.93. The van der Waals surface area contributed by atoms with Crippen molar-refractivity contribution in [1.29, 1.82) is 0 Å². The Bertz CT molecular complexity index is 338. The van der Waals surface area contributed by atoms with Gasteiger partial charge >= 0.3 is 0 Å². The second-order valence-electron chi connectivity index (χ2n) is 2.09. The van der Waals surface area contributed by atoms with Gasteiger partial charge < -0.3 is 5.11 Å². The van der Waals surface area contributed by atoms with Gasteiger partial charge in [0.15, 0.2) is 0 Å². The van der Waals surface area contributed by atoms with E-state index in [9.17, 15) is 4.39 Å². The van der Waals surface area contributed by atoms with E-state index in [-0.39, 0.29) is 12.4 Å². The van der Waals surface area contributed by atoms with Gasteiger partial charge in [0, 0.05) is 5.56 Å². The first kappa shape index (κ1) is 9.24. The first-order valence-corrected chi connectivity index (χ1v) is 4.08. The van der Waals surface area contributed by atoms with E-state index < -0.39 is 0 Å². The average molecular weight is 229 g/mol. The van der Waals surface area contributed by atoms with Crippen LogP contribution in [0.25, 0.3) is 0 Å². The summed E-state index contributed by atoms with van der Waals surface area (Å²) in [6, 6.07) is 4.57. The highest BCUT2D eigenvalue weighted by Gasteiger charge is 1.97. The van der Waals surface area contributed by atoms with Crippen molar-refractivity contribution in [2.75, 3.05) is 6.61 Å². The molecule has 0 saturated carbocycles. The lowest BCUT2D eigenvalue weighted by atomic mass is 10.2. The maximum atomic E-state index is 12.8. The van der Waals surface area contributed by atoms with Crippen molar-refractivity contribution in [3.8, 4) is 11.8 Å². The summed E-state index contributed by atoms with van der Waals surface area (Å²) in [7, 11) is 0. The predicted molar refractivity (Wildman–Crippen MR) is 48.1 cm³/mol. The number of aliphatic hydroxyl groups excluding tert-OH is 1. The Balaban J connectivity index is 2.97. The Labute approximate surface area is 78.4 Å². The Morgan fingerprint density at radius 1 is 1.50 bits per heavy atom. The zero-order valence-electron chi connectivity index (χ0n) is 6.14. The minimum atomic E-state index is -0.347. The molecule has 1 rings (SSSR count). The van der Waals surface area contributed by atoms with Gasteiger partial charge in [-0.05, 0) is 34.1 Å². The van der Waals surface area contributed by atoms with Gasteiger partial charge in [0.1, 0.15) is 12.4 Å². The van der Waals surface area contributed by atoms with Crippen molar-refractivity contribution < 1.29 is 9.50 Å². The fourth-order valence-corrected chi connectivity index (χ4v) is 0.962. The quantitative estimate of drug-likeness (QED) is 0.674. The van der Waals surface area contributed by atoms with Crippen LogP contribution < -0.4 is 0 Å². The molecule has 1 aromatic carbocycles. The van der Waals surface area contributed by atoms with Crippen molar-refractivity contribution in [3.63, 3.8) is 0 Å². The lowest BCUT2D eigenvalue weighted by molar-refractivity contribution is 0.350. The molecule has 0 heterocycles. The van der Waals surface area contributed by atoms with Crippen LogP contribution in [-0.2, 0) is 0 Å². The van der Waals surface area contributed by atoms with E-state index in [1.54, 1.807) is 12.1 Å². The highest BCUT2D eigenvalue weighted by molar-refractivity contribution is 9.10. The molecule has 1 aromatic rings. The number of aliphatic hydroxyl groups is 1. The van der Waals surface area contributed by atoms with Gasteiger partial charge in [0.2, 0.25) is 0 Å². The highest BCUT2D eigenvalue weighted by atomic mass is 79.9. The fourth-order valence-electron chi connectivity index (χ4n) is 0.715. The zero-order chi connectivity index (χ0) is 8.97. The third kappa shape index (κ3) is 2.33. The van der Waals surface area contributed by atoms with Crippen molar-refractivity contribution in [2.45, 2.75) is 0 Å². The molecular weight excluding hydrogens is 223 g/mol. The van der Waals surface area contributed by atoms with E-state index in [1.807, 2.05) is 0 Å². The summed E-state index contributed by atoms with van der Waals surface area (Å²) in [4.78, 5) is 0. The molecule has 0 aromatic heterocycles. The average Bonchev–Trinajstić information content (AvgIpc) is 2.07. The first-order chi connectivity index (χ1) is 5.74. The van der Waals surface area contributed by atoms with Crippen molar-refractivity contribution in [2.24, 2.45) is 0 Å². The molecule has 1 N–H and O–H groups in total.